The minimum Gasteiger partial charge on any atom is -0.383 e. The number of nitrogen functional groups attached to an aromatic ring is 2. The fourth-order valence-corrected chi connectivity index (χ4v) is 5.52. The molecule has 1 fully saturated rings. The molecule has 11 heteroatoms. The van der Waals surface area contributed by atoms with E-state index in [9.17, 15) is 10.1 Å². The Morgan fingerprint density at radius 2 is 1.97 bits per heavy atom. The summed E-state index contributed by atoms with van der Waals surface area (Å²) in [5.74, 6) is -0.910. The monoisotopic (exact) mass is 507 g/mol. The van der Waals surface area contributed by atoms with Crippen LogP contribution in [0.2, 0.25) is 5.02 Å². The number of carbonyl (C=O) groups excluding carboxylic acids is 1. The number of para-hydroxylation sites is 1. The minimum absolute atomic E-state index is 0.000650. The first kappa shape index (κ1) is 22.8. The van der Waals surface area contributed by atoms with Crippen LogP contribution in [0.15, 0.2) is 36.9 Å². The number of pyridine rings is 1. The number of amides is 1. The van der Waals surface area contributed by atoms with Crippen LogP contribution in [-0.2, 0) is 4.79 Å². The average molecular weight is 508 g/mol. The lowest BCUT2D eigenvalue weighted by atomic mass is 9.99. The Hall–Kier alpha value is -3.94. The lowest BCUT2D eigenvalue weighted by Gasteiger charge is -2.36. The van der Waals surface area contributed by atoms with Crippen molar-refractivity contribution in [2.24, 2.45) is 0 Å². The molecule has 0 radical (unpaired) electrons. The van der Waals surface area contributed by atoms with Crippen molar-refractivity contribution in [1.29, 1.82) is 5.26 Å². The van der Waals surface area contributed by atoms with Gasteiger partial charge in [0.1, 0.15) is 23.0 Å². The van der Waals surface area contributed by atoms with Gasteiger partial charge in [-0.2, -0.15) is 5.26 Å². The molecule has 0 atom stereocenters. The van der Waals surface area contributed by atoms with Crippen molar-refractivity contribution in [3.63, 3.8) is 0 Å². The van der Waals surface area contributed by atoms with Crippen molar-refractivity contribution < 1.29 is 9.18 Å². The molecular weight excluding hydrogens is 489 g/mol. The number of piperazine rings is 1. The number of carbonyl (C=O) groups is 1. The number of fused-ring (bicyclic) bond motifs is 2. The fourth-order valence-electron chi connectivity index (χ4n) is 4.46. The second kappa shape index (κ2) is 8.69. The molecule has 4 aromatic rings. The van der Waals surface area contributed by atoms with Crippen LogP contribution in [0.25, 0.3) is 32.2 Å². The van der Waals surface area contributed by atoms with Crippen molar-refractivity contribution in [3.8, 4) is 17.2 Å². The molecule has 8 nitrogen and oxygen atoms in total. The van der Waals surface area contributed by atoms with Gasteiger partial charge in [-0.25, -0.2) is 14.4 Å². The number of halogens is 2. The zero-order valence-electron chi connectivity index (χ0n) is 18.4. The molecule has 5 rings (SSSR count). The fraction of sp³-hybridized carbons (Fsp3) is 0.167. The van der Waals surface area contributed by atoms with Crippen LogP contribution in [-0.4, -0.2) is 47.0 Å². The van der Waals surface area contributed by atoms with Crippen molar-refractivity contribution in [1.82, 2.24) is 14.9 Å². The van der Waals surface area contributed by atoms with Crippen molar-refractivity contribution in [3.05, 3.63) is 53.3 Å². The third-order valence-corrected chi connectivity index (χ3v) is 7.22. The van der Waals surface area contributed by atoms with Crippen LogP contribution in [0.1, 0.15) is 5.56 Å². The van der Waals surface area contributed by atoms with Gasteiger partial charge < -0.3 is 21.3 Å². The Morgan fingerprint density at radius 3 is 2.66 bits per heavy atom. The molecule has 2 aromatic carbocycles. The van der Waals surface area contributed by atoms with Gasteiger partial charge in [-0.3, -0.25) is 4.79 Å². The number of nitrogens with two attached hydrogens (primary N) is 2. The Balaban J connectivity index is 1.71. The third-order valence-electron chi connectivity index (χ3n) is 6.07. The Labute approximate surface area is 208 Å². The highest BCUT2D eigenvalue weighted by Crippen LogP contribution is 2.43. The number of rotatable bonds is 3. The quantitative estimate of drug-likeness (QED) is 0.398. The summed E-state index contributed by atoms with van der Waals surface area (Å²) in [5.41, 5.74) is 13.8. The van der Waals surface area contributed by atoms with E-state index in [0.29, 0.717) is 53.5 Å². The summed E-state index contributed by atoms with van der Waals surface area (Å²) in [6.07, 6.45) is 1.27. The summed E-state index contributed by atoms with van der Waals surface area (Å²) in [7, 11) is 0. The molecule has 1 saturated heterocycles. The minimum atomic E-state index is -0.663. The number of nitrogens with zero attached hydrogens (tertiary/aromatic N) is 5. The van der Waals surface area contributed by atoms with Gasteiger partial charge >= 0.3 is 0 Å². The maximum atomic E-state index is 16.1. The van der Waals surface area contributed by atoms with E-state index >= 15 is 4.39 Å². The van der Waals surface area contributed by atoms with Gasteiger partial charge in [0, 0.05) is 42.7 Å². The van der Waals surface area contributed by atoms with Gasteiger partial charge in [0.2, 0.25) is 5.91 Å². The van der Waals surface area contributed by atoms with Crippen LogP contribution in [0.3, 0.4) is 0 Å². The van der Waals surface area contributed by atoms with Gasteiger partial charge in [0.05, 0.1) is 20.9 Å². The Morgan fingerprint density at radius 1 is 1.23 bits per heavy atom. The number of hydrogen-bond acceptors (Lipinski definition) is 8. The first-order valence-corrected chi connectivity index (χ1v) is 11.9. The molecule has 1 aliphatic rings. The second-order valence-electron chi connectivity index (χ2n) is 8.00. The molecule has 0 saturated carbocycles. The Kier molecular flexibility index (Phi) is 5.67. The van der Waals surface area contributed by atoms with Gasteiger partial charge in [-0.1, -0.05) is 41.6 Å². The predicted molar refractivity (Wildman–Crippen MR) is 138 cm³/mol. The zero-order valence-corrected chi connectivity index (χ0v) is 20.0. The molecule has 0 unspecified atom stereocenters. The van der Waals surface area contributed by atoms with E-state index in [2.05, 4.69) is 22.6 Å². The van der Waals surface area contributed by atoms with E-state index in [-0.39, 0.29) is 33.4 Å². The van der Waals surface area contributed by atoms with Crippen molar-refractivity contribution in [2.75, 3.05) is 42.5 Å². The third kappa shape index (κ3) is 3.69. The normalized spacial score (nSPS) is 13.9. The van der Waals surface area contributed by atoms with Gasteiger partial charge in [0.25, 0.3) is 0 Å². The van der Waals surface area contributed by atoms with Gasteiger partial charge in [-0.05, 0) is 18.2 Å². The molecule has 0 aliphatic carbocycles. The largest absolute Gasteiger partial charge is 0.383 e. The highest BCUT2D eigenvalue weighted by Gasteiger charge is 2.28. The summed E-state index contributed by atoms with van der Waals surface area (Å²) in [5, 5.41) is 10.7. The van der Waals surface area contributed by atoms with Crippen LogP contribution in [0.5, 0.6) is 0 Å². The van der Waals surface area contributed by atoms with E-state index in [1.165, 1.54) is 17.4 Å². The molecule has 0 spiro atoms. The molecule has 35 heavy (non-hydrogen) atoms. The molecule has 3 heterocycles. The van der Waals surface area contributed by atoms with Crippen LogP contribution < -0.4 is 16.4 Å². The number of benzene rings is 2. The standard InChI is InChI=1S/C24H19ClFN7OS/c1-2-17(34)32-6-8-33(9-7-32)22-13-10-15(25)18(19(26)21(13)30-23(28)14(22)11-27)12-4-3-5-16-20(12)31-24(29)35-16/h2-5,10H,1,6-9H2,(H2,28,30)(H2,29,31). The van der Waals surface area contributed by atoms with Gasteiger partial charge in [-0.15, -0.1) is 0 Å². The summed E-state index contributed by atoms with van der Waals surface area (Å²) in [4.78, 5) is 24.1. The van der Waals surface area contributed by atoms with Gasteiger partial charge in [0.15, 0.2) is 10.9 Å². The van der Waals surface area contributed by atoms with E-state index < -0.39 is 5.82 Å². The number of anilines is 3. The topological polar surface area (TPSA) is 125 Å². The van der Waals surface area contributed by atoms with Crippen LogP contribution in [0, 0.1) is 17.1 Å². The smallest absolute Gasteiger partial charge is 0.246 e. The molecular formula is C24H19ClFN7OS. The summed E-state index contributed by atoms with van der Waals surface area (Å²) in [6, 6.07) is 9.06. The maximum Gasteiger partial charge on any atom is 0.246 e. The lowest BCUT2D eigenvalue weighted by Crippen LogP contribution is -2.48. The molecule has 4 N–H and O–H groups in total. The predicted octanol–water partition coefficient (Wildman–Crippen LogP) is 4.17. The molecule has 176 valence electrons. The number of nitriles is 1. The highest BCUT2D eigenvalue weighted by molar-refractivity contribution is 7.22. The van der Waals surface area contributed by atoms with Crippen molar-refractivity contribution >= 4 is 66.6 Å². The van der Waals surface area contributed by atoms with E-state index in [1.807, 2.05) is 11.0 Å². The first-order valence-electron chi connectivity index (χ1n) is 10.7. The van der Waals surface area contributed by atoms with E-state index in [1.54, 1.807) is 23.1 Å². The molecule has 2 aromatic heterocycles. The number of thiazole rings is 1. The Bertz CT molecular complexity index is 1570. The molecule has 0 bridgehead atoms. The first-order chi connectivity index (χ1) is 16.8. The maximum absolute atomic E-state index is 16.1. The van der Waals surface area contributed by atoms with E-state index in [4.69, 9.17) is 23.1 Å². The SMILES string of the molecule is C=CC(=O)N1CCN(c2c(C#N)c(N)nc3c(F)c(-c4cccc5sc(N)nc45)c(Cl)cc23)CC1. The molecule has 1 aliphatic heterocycles. The summed E-state index contributed by atoms with van der Waals surface area (Å²) >= 11 is 7.96. The van der Waals surface area contributed by atoms with E-state index in [0.717, 1.165) is 4.70 Å². The van der Waals surface area contributed by atoms with Crippen LogP contribution in [0.4, 0.5) is 21.0 Å². The summed E-state index contributed by atoms with van der Waals surface area (Å²) in [6.45, 7) is 5.20. The zero-order chi connectivity index (χ0) is 24.9. The number of hydrogen-bond donors (Lipinski definition) is 2. The lowest BCUT2D eigenvalue weighted by molar-refractivity contribution is -0.126. The summed E-state index contributed by atoms with van der Waals surface area (Å²) < 4.78 is 16.9. The highest BCUT2D eigenvalue weighted by atomic mass is 35.5. The number of aromatic nitrogens is 2. The van der Waals surface area contributed by atoms with Crippen molar-refractivity contribution in [2.45, 2.75) is 0 Å². The van der Waals surface area contributed by atoms with Crippen LogP contribution >= 0.6 is 22.9 Å². The second-order valence-corrected chi connectivity index (χ2v) is 9.47. The molecule has 1 amide bonds. The average Bonchev–Trinajstić information content (AvgIpc) is 3.24.